The highest BCUT2D eigenvalue weighted by molar-refractivity contribution is 5.78. The Bertz CT molecular complexity index is 855. The number of carbonyl (C=O) groups is 1. The smallest absolute Gasteiger partial charge is 0.232 e. The highest BCUT2D eigenvalue weighted by atomic mass is 16.5. The summed E-state index contributed by atoms with van der Waals surface area (Å²) < 4.78 is 5.51. The maximum Gasteiger partial charge on any atom is 0.232 e. The lowest BCUT2D eigenvalue weighted by atomic mass is 9.95. The molecule has 1 aromatic carbocycles. The number of nitrogens with zero attached hydrogens (tertiary/aromatic N) is 4. The zero-order valence-corrected chi connectivity index (χ0v) is 19.3. The molecule has 1 unspecified atom stereocenters. The van der Waals surface area contributed by atoms with Crippen molar-refractivity contribution in [3.63, 3.8) is 0 Å². The third kappa shape index (κ3) is 7.13. The number of carbonyl (C=O) groups excluding carboxylic acids is 1. The Labute approximate surface area is 190 Å². The number of hydrogen-bond donors (Lipinski definition) is 3. The van der Waals surface area contributed by atoms with Crippen LogP contribution >= 0.6 is 0 Å². The lowest BCUT2D eigenvalue weighted by Crippen LogP contribution is -2.42. The fraction of sp³-hybridized carbons (Fsp3) is 0.565. The number of nitrogens with one attached hydrogen (secondary N) is 2. The predicted octanol–water partition coefficient (Wildman–Crippen LogP) is 2.90. The molecule has 1 fully saturated rings. The molecule has 1 saturated heterocycles. The van der Waals surface area contributed by atoms with E-state index < -0.39 is 0 Å². The van der Waals surface area contributed by atoms with Gasteiger partial charge in [-0.1, -0.05) is 18.2 Å². The molecule has 0 spiro atoms. The van der Waals surface area contributed by atoms with Crippen LogP contribution in [0.4, 0.5) is 17.6 Å². The number of likely N-dealkylation sites (tertiary alicyclic amines) is 1. The second-order valence-corrected chi connectivity index (χ2v) is 8.42. The Hall–Kier alpha value is -2.78. The van der Waals surface area contributed by atoms with Gasteiger partial charge in [0.1, 0.15) is 0 Å². The molecule has 174 valence electrons. The number of benzene rings is 1. The van der Waals surface area contributed by atoms with E-state index in [9.17, 15) is 4.79 Å². The SMILES string of the molecule is CC(C)OCCCNC(=O)C1CCN(C(C)c2nc(N)nc(Nc3ccccc3)n2)CC1. The van der Waals surface area contributed by atoms with Crippen molar-refractivity contribution in [1.29, 1.82) is 0 Å². The van der Waals surface area contributed by atoms with Gasteiger partial charge in [-0.05, 0) is 65.3 Å². The number of amides is 1. The third-order valence-electron chi connectivity index (χ3n) is 5.59. The zero-order chi connectivity index (χ0) is 22.9. The van der Waals surface area contributed by atoms with Crippen LogP contribution in [-0.2, 0) is 9.53 Å². The van der Waals surface area contributed by atoms with Crippen molar-refractivity contribution in [2.24, 2.45) is 5.92 Å². The molecule has 0 bridgehead atoms. The summed E-state index contributed by atoms with van der Waals surface area (Å²) in [6.07, 6.45) is 2.68. The number of nitrogens with two attached hydrogens (primary N) is 1. The molecule has 3 rings (SSSR count). The Balaban J connectivity index is 1.49. The molecule has 1 aliphatic rings. The van der Waals surface area contributed by atoms with Gasteiger partial charge in [0.2, 0.25) is 17.8 Å². The maximum atomic E-state index is 12.5. The van der Waals surface area contributed by atoms with E-state index in [0.29, 0.717) is 24.9 Å². The van der Waals surface area contributed by atoms with Crippen molar-refractivity contribution < 1.29 is 9.53 Å². The fourth-order valence-electron chi connectivity index (χ4n) is 3.76. The van der Waals surface area contributed by atoms with E-state index in [1.165, 1.54) is 0 Å². The van der Waals surface area contributed by atoms with Crippen molar-refractivity contribution in [1.82, 2.24) is 25.2 Å². The molecule has 1 aliphatic heterocycles. The number of hydrogen-bond acceptors (Lipinski definition) is 8. The first-order chi connectivity index (χ1) is 15.4. The number of ether oxygens (including phenoxy) is 1. The largest absolute Gasteiger partial charge is 0.379 e. The van der Waals surface area contributed by atoms with Gasteiger partial charge in [0.15, 0.2) is 5.82 Å². The summed E-state index contributed by atoms with van der Waals surface area (Å²) in [6, 6.07) is 9.69. The predicted molar refractivity (Wildman–Crippen MR) is 125 cm³/mol. The minimum Gasteiger partial charge on any atom is -0.379 e. The van der Waals surface area contributed by atoms with Gasteiger partial charge < -0.3 is 21.1 Å². The summed E-state index contributed by atoms with van der Waals surface area (Å²) in [4.78, 5) is 27.9. The van der Waals surface area contributed by atoms with Crippen molar-refractivity contribution in [2.75, 3.05) is 37.3 Å². The summed E-state index contributed by atoms with van der Waals surface area (Å²) in [5, 5.41) is 6.22. The van der Waals surface area contributed by atoms with E-state index in [1.54, 1.807) is 0 Å². The van der Waals surface area contributed by atoms with Gasteiger partial charge in [0.05, 0.1) is 12.1 Å². The molecule has 4 N–H and O–H groups in total. The quantitative estimate of drug-likeness (QED) is 0.482. The van der Waals surface area contributed by atoms with Crippen molar-refractivity contribution in [3.05, 3.63) is 36.2 Å². The van der Waals surface area contributed by atoms with Gasteiger partial charge >= 0.3 is 0 Å². The van der Waals surface area contributed by atoms with Crippen LogP contribution in [-0.4, -0.2) is 58.1 Å². The Morgan fingerprint density at radius 2 is 1.88 bits per heavy atom. The number of anilines is 3. The first kappa shape index (κ1) is 23.9. The monoisotopic (exact) mass is 441 g/mol. The highest BCUT2D eigenvalue weighted by Crippen LogP contribution is 2.26. The van der Waals surface area contributed by atoms with Crippen LogP contribution in [0.2, 0.25) is 0 Å². The molecule has 0 aliphatic carbocycles. The zero-order valence-electron chi connectivity index (χ0n) is 19.3. The molecule has 0 radical (unpaired) electrons. The van der Waals surface area contributed by atoms with E-state index in [2.05, 4.69) is 37.4 Å². The molecule has 2 aromatic rings. The van der Waals surface area contributed by atoms with Gasteiger partial charge in [0.25, 0.3) is 0 Å². The van der Waals surface area contributed by atoms with E-state index in [0.717, 1.165) is 38.0 Å². The van der Waals surface area contributed by atoms with Crippen LogP contribution in [0.1, 0.15) is 51.9 Å². The molecule has 9 heteroatoms. The topological polar surface area (TPSA) is 118 Å². The Morgan fingerprint density at radius 3 is 2.56 bits per heavy atom. The highest BCUT2D eigenvalue weighted by Gasteiger charge is 2.29. The summed E-state index contributed by atoms with van der Waals surface area (Å²) in [5.74, 6) is 1.44. The number of piperidine rings is 1. The van der Waals surface area contributed by atoms with Gasteiger partial charge in [-0.3, -0.25) is 9.69 Å². The Morgan fingerprint density at radius 1 is 1.16 bits per heavy atom. The molecular formula is C23H35N7O2. The Kier molecular flexibility index (Phi) is 8.75. The van der Waals surface area contributed by atoms with Gasteiger partial charge in [0, 0.05) is 24.8 Å². The van der Waals surface area contributed by atoms with E-state index >= 15 is 0 Å². The summed E-state index contributed by atoms with van der Waals surface area (Å²) in [5.41, 5.74) is 6.83. The van der Waals surface area contributed by atoms with Crippen molar-refractivity contribution >= 4 is 23.5 Å². The summed E-state index contributed by atoms with van der Waals surface area (Å²) in [6.45, 7) is 9.04. The molecule has 2 heterocycles. The molecule has 1 amide bonds. The fourth-order valence-corrected chi connectivity index (χ4v) is 3.76. The van der Waals surface area contributed by atoms with Crippen LogP contribution in [0.5, 0.6) is 0 Å². The average molecular weight is 442 g/mol. The number of rotatable bonds is 10. The normalized spacial score (nSPS) is 16.1. The standard InChI is InChI=1S/C23H35N7O2/c1-16(2)32-15-7-12-25-21(31)18-10-13-30(14-11-18)17(3)20-27-22(24)29-23(28-20)26-19-8-5-4-6-9-19/h4-6,8-9,16-18H,7,10-15H2,1-3H3,(H,25,31)(H3,24,26,27,28,29). The molecular weight excluding hydrogens is 406 g/mol. The van der Waals surface area contributed by atoms with Crippen LogP contribution in [0.25, 0.3) is 0 Å². The van der Waals surface area contributed by atoms with Gasteiger partial charge in [-0.15, -0.1) is 0 Å². The van der Waals surface area contributed by atoms with E-state index in [4.69, 9.17) is 10.5 Å². The van der Waals surface area contributed by atoms with Gasteiger partial charge in [-0.2, -0.15) is 15.0 Å². The first-order valence-corrected chi connectivity index (χ1v) is 11.4. The van der Waals surface area contributed by atoms with Crippen molar-refractivity contribution in [2.45, 2.75) is 52.2 Å². The third-order valence-corrected chi connectivity index (χ3v) is 5.59. The van der Waals surface area contributed by atoms with Crippen LogP contribution < -0.4 is 16.4 Å². The van der Waals surface area contributed by atoms with Crippen LogP contribution in [0.15, 0.2) is 30.3 Å². The average Bonchev–Trinajstić information content (AvgIpc) is 2.78. The lowest BCUT2D eigenvalue weighted by Gasteiger charge is -2.34. The first-order valence-electron chi connectivity index (χ1n) is 11.4. The maximum absolute atomic E-state index is 12.5. The summed E-state index contributed by atoms with van der Waals surface area (Å²) in [7, 11) is 0. The molecule has 1 atom stereocenters. The number of nitrogen functional groups attached to an aromatic ring is 1. The molecule has 1 aromatic heterocycles. The molecule has 0 saturated carbocycles. The summed E-state index contributed by atoms with van der Waals surface area (Å²) >= 11 is 0. The molecule has 32 heavy (non-hydrogen) atoms. The minimum atomic E-state index is -0.0196. The number of para-hydroxylation sites is 1. The van der Waals surface area contributed by atoms with E-state index in [1.807, 2.05) is 44.2 Å². The second-order valence-electron chi connectivity index (χ2n) is 8.42. The van der Waals surface area contributed by atoms with E-state index in [-0.39, 0.29) is 29.9 Å². The number of aromatic nitrogens is 3. The van der Waals surface area contributed by atoms with Gasteiger partial charge in [-0.25, -0.2) is 0 Å². The minimum absolute atomic E-state index is 0.0196. The van der Waals surface area contributed by atoms with Crippen LogP contribution in [0, 0.1) is 5.92 Å². The lowest BCUT2D eigenvalue weighted by molar-refractivity contribution is -0.126. The molecule has 9 nitrogen and oxygen atoms in total. The second kappa shape index (κ2) is 11.7. The van der Waals surface area contributed by atoms with Crippen molar-refractivity contribution in [3.8, 4) is 0 Å². The van der Waals surface area contributed by atoms with Crippen LogP contribution in [0.3, 0.4) is 0 Å².